The van der Waals surface area contributed by atoms with E-state index in [1.807, 2.05) is 0 Å². The van der Waals surface area contributed by atoms with Crippen LogP contribution in [0.25, 0.3) is 0 Å². The number of halogens is 2. The molecule has 9 heteroatoms. The first kappa shape index (κ1) is 12.7. The molecular weight excluding hydrogens is 242 g/mol. The van der Waals surface area contributed by atoms with Gasteiger partial charge >= 0.3 is 11.7 Å². The maximum Gasteiger partial charge on any atom is 0.346 e. The Balaban J connectivity index is 3.61. The van der Waals surface area contributed by atoms with E-state index in [2.05, 4.69) is 9.72 Å². The first-order chi connectivity index (χ1) is 7.90. The maximum atomic E-state index is 12.5. The molecule has 0 unspecified atom stereocenters. The van der Waals surface area contributed by atoms with Crippen LogP contribution in [0.1, 0.15) is 22.5 Å². The minimum Gasteiger partial charge on any atom is -0.493 e. The number of carbonyl (C=O) groups is 1. The lowest BCUT2D eigenvalue weighted by Gasteiger charge is -2.09. The number of methoxy groups -OCH3 is 1. The molecule has 1 heterocycles. The smallest absolute Gasteiger partial charge is 0.346 e. The number of aromatic nitrogens is 1. The molecule has 7 nitrogen and oxygen atoms in total. The van der Waals surface area contributed by atoms with Gasteiger partial charge in [0.25, 0.3) is 6.43 Å². The van der Waals surface area contributed by atoms with Gasteiger partial charge in [0.2, 0.25) is 0 Å². The number of ether oxygens (including phenoxy) is 1. The van der Waals surface area contributed by atoms with Gasteiger partial charge in [0.15, 0.2) is 11.3 Å². The Morgan fingerprint density at radius 1 is 1.65 bits per heavy atom. The van der Waals surface area contributed by atoms with E-state index in [9.17, 15) is 23.7 Å². The predicted octanol–water partition coefficient (Wildman–Crippen LogP) is 1.63. The summed E-state index contributed by atoms with van der Waals surface area (Å²) in [6.45, 7) is 0. The van der Waals surface area contributed by atoms with Gasteiger partial charge in [0.1, 0.15) is 11.9 Å². The molecule has 0 atom stereocenters. The summed E-state index contributed by atoms with van der Waals surface area (Å²) in [6.07, 6.45) is -2.63. The van der Waals surface area contributed by atoms with Crippen LogP contribution in [0.15, 0.2) is 6.20 Å². The molecule has 0 aliphatic rings. The first-order valence-corrected chi connectivity index (χ1v) is 4.12. The highest BCUT2D eigenvalue weighted by Gasteiger charge is 2.31. The number of carboxylic acid groups (broad SMARTS) is 1. The van der Waals surface area contributed by atoms with Crippen LogP contribution >= 0.6 is 0 Å². The molecule has 1 N–H and O–H groups in total. The first-order valence-electron chi connectivity index (χ1n) is 4.12. The predicted molar refractivity (Wildman–Crippen MR) is 49.4 cm³/mol. The van der Waals surface area contributed by atoms with E-state index in [1.165, 1.54) is 0 Å². The summed E-state index contributed by atoms with van der Waals surface area (Å²) in [5.41, 5.74) is -2.79. The van der Waals surface area contributed by atoms with Crippen molar-refractivity contribution in [3.05, 3.63) is 27.6 Å². The van der Waals surface area contributed by atoms with Crippen molar-refractivity contribution in [1.29, 1.82) is 0 Å². The van der Waals surface area contributed by atoms with Crippen LogP contribution in [0.4, 0.5) is 14.5 Å². The number of nitro groups is 1. The van der Waals surface area contributed by atoms with E-state index in [0.717, 1.165) is 7.11 Å². The second kappa shape index (κ2) is 4.68. The summed E-state index contributed by atoms with van der Waals surface area (Å²) in [7, 11) is 0.930. The van der Waals surface area contributed by atoms with Crippen LogP contribution in [-0.2, 0) is 0 Å². The van der Waals surface area contributed by atoms with Crippen LogP contribution < -0.4 is 4.74 Å². The van der Waals surface area contributed by atoms with Gasteiger partial charge < -0.3 is 9.84 Å². The molecule has 0 aliphatic heterocycles. The van der Waals surface area contributed by atoms with E-state index in [-0.39, 0.29) is 0 Å². The minimum absolute atomic E-state index is 0.466. The average Bonchev–Trinajstić information content (AvgIpc) is 2.26. The maximum absolute atomic E-state index is 12.5. The van der Waals surface area contributed by atoms with Crippen LogP contribution in [-0.4, -0.2) is 28.1 Å². The van der Waals surface area contributed by atoms with Crippen LogP contribution in [0.2, 0.25) is 0 Å². The van der Waals surface area contributed by atoms with Crippen molar-refractivity contribution in [1.82, 2.24) is 4.98 Å². The molecule has 1 aromatic heterocycles. The molecule has 92 valence electrons. The van der Waals surface area contributed by atoms with Gasteiger partial charge in [-0.1, -0.05) is 0 Å². The van der Waals surface area contributed by atoms with Gasteiger partial charge in [-0.25, -0.2) is 18.6 Å². The van der Waals surface area contributed by atoms with Crippen molar-refractivity contribution in [2.45, 2.75) is 6.43 Å². The van der Waals surface area contributed by atoms with Gasteiger partial charge in [-0.3, -0.25) is 10.1 Å². The van der Waals surface area contributed by atoms with Gasteiger partial charge in [0, 0.05) is 0 Å². The number of nitrogens with zero attached hydrogens (tertiary/aromatic N) is 2. The van der Waals surface area contributed by atoms with E-state index in [1.54, 1.807) is 0 Å². The third kappa shape index (κ3) is 2.27. The Hall–Kier alpha value is -2.32. The van der Waals surface area contributed by atoms with Crippen molar-refractivity contribution in [2.24, 2.45) is 0 Å². The molecule has 0 bridgehead atoms. The molecule has 0 amide bonds. The molecule has 0 radical (unpaired) electrons. The van der Waals surface area contributed by atoms with Gasteiger partial charge in [-0.2, -0.15) is 0 Å². The van der Waals surface area contributed by atoms with E-state index in [4.69, 9.17) is 5.11 Å². The highest BCUT2D eigenvalue weighted by atomic mass is 19.3. The monoisotopic (exact) mass is 248 g/mol. The number of hydrogen-bond acceptors (Lipinski definition) is 5. The van der Waals surface area contributed by atoms with Crippen LogP contribution in [0, 0.1) is 10.1 Å². The number of aromatic carboxylic acids is 1. The minimum atomic E-state index is -3.09. The molecule has 0 saturated heterocycles. The summed E-state index contributed by atoms with van der Waals surface area (Å²) in [4.78, 5) is 23.5. The quantitative estimate of drug-likeness (QED) is 0.641. The van der Waals surface area contributed by atoms with Gasteiger partial charge in [-0.05, 0) is 0 Å². The fourth-order valence-corrected chi connectivity index (χ4v) is 1.21. The number of hydrogen-bond donors (Lipinski definition) is 1. The van der Waals surface area contributed by atoms with Crippen molar-refractivity contribution < 1.29 is 28.3 Å². The van der Waals surface area contributed by atoms with Gasteiger partial charge in [0.05, 0.1) is 12.0 Å². The van der Waals surface area contributed by atoms with Crippen molar-refractivity contribution in [3.8, 4) is 5.75 Å². The number of alkyl halides is 2. The molecular formula is C8H6F2N2O5. The average molecular weight is 248 g/mol. The Bertz CT molecular complexity index is 477. The van der Waals surface area contributed by atoms with Crippen molar-refractivity contribution in [2.75, 3.05) is 7.11 Å². The second-order valence-electron chi connectivity index (χ2n) is 2.80. The largest absolute Gasteiger partial charge is 0.493 e. The molecule has 0 saturated carbocycles. The summed E-state index contributed by atoms with van der Waals surface area (Å²) in [5, 5.41) is 19.3. The number of pyridine rings is 1. The Kier molecular flexibility index (Phi) is 3.51. The molecule has 1 aromatic rings. The van der Waals surface area contributed by atoms with Crippen LogP contribution in [0.3, 0.4) is 0 Å². The zero-order chi connectivity index (χ0) is 13.2. The van der Waals surface area contributed by atoms with Gasteiger partial charge in [-0.15, -0.1) is 0 Å². The Labute approximate surface area is 92.8 Å². The molecule has 0 aliphatic carbocycles. The van der Waals surface area contributed by atoms with Crippen LogP contribution in [0.5, 0.6) is 5.75 Å². The topological polar surface area (TPSA) is 103 Å². The summed E-state index contributed by atoms with van der Waals surface area (Å²) >= 11 is 0. The summed E-state index contributed by atoms with van der Waals surface area (Å²) < 4.78 is 29.4. The Morgan fingerprint density at radius 2 is 2.24 bits per heavy atom. The fraction of sp³-hybridized carbons (Fsp3) is 0.250. The van der Waals surface area contributed by atoms with Crippen molar-refractivity contribution in [3.63, 3.8) is 0 Å². The zero-order valence-corrected chi connectivity index (χ0v) is 8.39. The third-order valence-electron chi connectivity index (χ3n) is 1.86. The van der Waals surface area contributed by atoms with Crippen molar-refractivity contribution >= 4 is 11.7 Å². The van der Waals surface area contributed by atoms with E-state index >= 15 is 0 Å². The summed E-state index contributed by atoms with van der Waals surface area (Å²) in [5.74, 6) is -2.54. The second-order valence-corrected chi connectivity index (χ2v) is 2.80. The highest BCUT2D eigenvalue weighted by molar-refractivity contribution is 5.95. The fourth-order valence-electron chi connectivity index (χ4n) is 1.21. The third-order valence-corrected chi connectivity index (χ3v) is 1.86. The van der Waals surface area contributed by atoms with E-state index < -0.39 is 40.0 Å². The standard InChI is InChI=1S/C8H6F2N2O5/c1-17-6-4(8(13)14)3(12(15)16)2-11-5(6)7(9)10/h2,7H,1H3,(H,13,14). The normalized spacial score (nSPS) is 10.4. The lowest BCUT2D eigenvalue weighted by Crippen LogP contribution is -2.09. The number of rotatable bonds is 4. The number of carboxylic acids is 1. The molecule has 1 rings (SSSR count). The highest BCUT2D eigenvalue weighted by Crippen LogP contribution is 2.35. The SMILES string of the molecule is COc1c(C(F)F)ncc([N+](=O)[O-])c1C(=O)O. The molecule has 17 heavy (non-hydrogen) atoms. The molecule has 0 spiro atoms. The Morgan fingerprint density at radius 3 is 2.59 bits per heavy atom. The summed E-state index contributed by atoms with van der Waals surface area (Å²) in [6, 6.07) is 0. The van der Waals surface area contributed by atoms with E-state index in [0.29, 0.717) is 6.20 Å². The lowest BCUT2D eigenvalue weighted by atomic mass is 10.1. The molecule has 0 aromatic carbocycles. The zero-order valence-electron chi connectivity index (χ0n) is 8.39. The lowest BCUT2D eigenvalue weighted by molar-refractivity contribution is -0.385. The molecule has 0 fully saturated rings.